The number of aliphatic hydroxyl groups is 1. The average molecular weight is 587 g/mol. The SMILES string of the molecule is Cc1nn(C)c2cc(-c3ccc(C(=O)C(=O)N[C@H](CN4CCCC4)[C@H](O)c4ccc(OC5CC5)c(Cl)c4)cc3)ccc12. The molecule has 42 heavy (non-hydrogen) atoms. The molecular weight excluding hydrogens is 552 g/mol. The Morgan fingerprint density at radius 3 is 2.45 bits per heavy atom. The quantitative estimate of drug-likeness (QED) is 0.195. The van der Waals surface area contributed by atoms with Gasteiger partial charge in [0.2, 0.25) is 5.78 Å². The number of carbonyl (C=O) groups excluding carboxylic acids is 2. The van der Waals surface area contributed by atoms with Gasteiger partial charge in [-0.05, 0) is 80.6 Å². The zero-order chi connectivity index (χ0) is 29.4. The average Bonchev–Trinajstić information content (AvgIpc) is 3.58. The number of rotatable bonds is 10. The molecule has 0 bridgehead atoms. The van der Waals surface area contributed by atoms with E-state index in [4.69, 9.17) is 16.3 Å². The van der Waals surface area contributed by atoms with Crippen molar-refractivity contribution in [3.05, 3.63) is 82.5 Å². The van der Waals surface area contributed by atoms with Crippen molar-refractivity contribution in [2.75, 3.05) is 19.6 Å². The third-order valence-corrected chi connectivity index (χ3v) is 8.48. The molecule has 1 aromatic heterocycles. The fraction of sp³-hybridized carbons (Fsp3) is 0.364. The number of Topliss-reactive ketones (excluding diaryl/α,β-unsaturated/α-hetero) is 1. The molecule has 8 nitrogen and oxygen atoms in total. The number of nitrogens with one attached hydrogen (secondary N) is 1. The summed E-state index contributed by atoms with van der Waals surface area (Å²) in [5.74, 6) is -0.814. The standard InChI is InChI=1S/C33H35ClN4O4/c1-20-26-13-9-23(18-29(26)37(2)36-20)21-5-7-22(8-6-21)32(40)33(41)35-28(19-38-15-3-4-16-38)31(39)24-10-14-30(27(34)17-24)42-25-11-12-25/h5-10,13-14,17-18,25,28,31,39H,3-4,11-12,15-16,19H2,1-2H3,(H,35,41)/t28-,31-/m1/s1. The van der Waals surface area contributed by atoms with Crippen LogP contribution >= 0.6 is 11.6 Å². The summed E-state index contributed by atoms with van der Waals surface area (Å²) in [5, 5.41) is 20.2. The van der Waals surface area contributed by atoms with E-state index in [1.54, 1.807) is 30.3 Å². The van der Waals surface area contributed by atoms with Gasteiger partial charge in [-0.3, -0.25) is 14.3 Å². The van der Waals surface area contributed by atoms with E-state index in [2.05, 4.69) is 21.4 Å². The lowest BCUT2D eigenvalue weighted by molar-refractivity contribution is -0.118. The van der Waals surface area contributed by atoms with Gasteiger partial charge in [-0.15, -0.1) is 0 Å². The first-order valence-electron chi connectivity index (χ1n) is 14.5. The van der Waals surface area contributed by atoms with Gasteiger partial charge in [0, 0.05) is 24.5 Å². The molecule has 4 aromatic rings. The van der Waals surface area contributed by atoms with E-state index < -0.39 is 23.8 Å². The summed E-state index contributed by atoms with van der Waals surface area (Å²) >= 11 is 6.46. The second-order valence-corrected chi connectivity index (χ2v) is 11.8. The van der Waals surface area contributed by atoms with Gasteiger partial charge in [0.05, 0.1) is 28.4 Å². The molecular formula is C33H35ClN4O4. The molecule has 1 aliphatic heterocycles. The van der Waals surface area contributed by atoms with Crippen LogP contribution in [0.4, 0.5) is 0 Å². The highest BCUT2D eigenvalue weighted by atomic mass is 35.5. The molecule has 6 rings (SSSR count). The number of halogens is 1. The highest BCUT2D eigenvalue weighted by molar-refractivity contribution is 6.42. The Balaban J connectivity index is 1.17. The van der Waals surface area contributed by atoms with Crippen molar-refractivity contribution in [1.29, 1.82) is 0 Å². The fourth-order valence-corrected chi connectivity index (χ4v) is 5.89. The number of aromatic nitrogens is 2. The van der Waals surface area contributed by atoms with E-state index in [0.29, 0.717) is 22.9 Å². The summed E-state index contributed by atoms with van der Waals surface area (Å²) in [6.45, 7) is 4.17. The molecule has 2 N–H and O–H groups in total. The third kappa shape index (κ3) is 6.07. The maximum absolute atomic E-state index is 13.2. The number of nitrogens with zero attached hydrogens (tertiary/aromatic N) is 3. The number of likely N-dealkylation sites (tertiary alicyclic amines) is 1. The maximum Gasteiger partial charge on any atom is 0.292 e. The van der Waals surface area contributed by atoms with Gasteiger partial charge in [-0.25, -0.2) is 0 Å². The Morgan fingerprint density at radius 1 is 1.05 bits per heavy atom. The van der Waals surface area contributed by atoms with Crippen molar-refractivity contribution in [2.45, 2.75) is 50.9 Å². The largest absolute Gasteiger partial charge is 0.489 e. The minimum Gasteiger partial charge on any atom is -0.489 e. The van der Waals surface area contributed by atoms with Crippen molar-refractivity contribution in [2.24, 2.45) is 7.05 Å². The second-order valence-electron chi connectivity index (χ2n) is 11.4. The van der Waals surface area contributed by atoms with Gasteiger partial charge >= 0.3 is 0 Å². The van der Waals surface area contributed by atoms with Crippen molar-refractivity contribution in [3.63, 3.8) is 0 Å². The molecule has 9 heteroatoms. The van der Waals surface area contributed by atoms with E-state index in [1.165, 1.54) is 0 Å². The third-order valence-electron chi connectivity index (χ3n) is 8.19. The van der Waals surface area contributed by atoms with Gasteiger partial charge in [0.25, 0.3) is 5.91 Å². The zero-order valence-electron chi connectivity index (χ0n) is 23.8. The van der Waals surface area contributed by atoms with Crippen LogP contribution in [0.3, 0.4) is 0 Å². The maximum atomic E-state index is 13.2. The number of carbonyl (C=O) groups is 2. The van der Waals surface area contributed by atoms with E-state index in [9.17, 15) is 14.7 Å². The Kier molecular flexibility index (Phi) is 8.03. The summed E-state index contributed by atoms with van der Waals surface area (Å²) in [6.07, 6.45) is 3.31. The number of ether oxygens (including phenoxy) is 1. The van der Waals surface area contributed by atoms with Crippen LogP contribution in [0.5, 0.6) is 5.75 Å². The first-order chi connectivity index (χ1) is 20.3. The minimum atomic E-state index is -1.05. The number of fused-ring (bicyclic) bond motifs is 1. The van der Waals surface area contributed by atoms with Crippen LogP contribution < -0.4 is 10.1 Å². The fourth-order valence-electron chi connectivity index (χ4n) is 5.66. The zero-order valence-corrected chi connectivity index (χ0v) is 24.6. The molecule has 1 saturated heterocycles. The molecule has 2 heterocycles. The summed E-state index contributed by atoms with van der Waals surface area (Å²) in [5.41, 5.74) is 4.77. The normalized spacial score (nSPS) is 16.9. The van der Waals surface area contributed by atoms with E-state index >= 15 is 0 Å². The number of aryl methyl sites for hydroxylation is 2. The van der Waals surface area contributed by atoms with Crippen molar-refractivity contribution in [3.8, 4) is 16.9 Å². The molecule has 1 aliphatic carbocycles. The molecule has 0 radical (unpaired) electrons. The molecule has 0 unspecified atom stereocenters. The van der Waals surface area contributed by atoms with Crippen LogP contribution in [0.2, 0.25) is 5.02 Å². The molecule has 0 spiro atoms. The molecule has 2 atom stereocenters. The number of hydrogen-bond acceptors (Lipinski definition) is 6. The Bertz CT molecular complexity index is 1620. The monoisotopic (exact) mass is 586 g/mol. The first kappa shape index (κ1) is 28.4. The lowest BCUT2D eigenvalue weighted by Crippen LogP contribution is -2.48. The lowest BCUT2D eigenvalue weighted by Gasteiger charge is -2.28. The Morgan fingerprint density at radius 2 is 1.76 bits per heavy atom. The highest BCUT2D eigenvalue weighted by Crippen LogP contribution is 2.34. The van der Waals surface area contributed by atoms with Crippen molar-refractivity contribution in [1.82, 2.24) is 20.0 Å². The molecule has 2 aliphatic rings. The number of aliphatic hydroxyl groups excluding tert-OH is 1. The topological polar surface area (TPSA) is 96.7 Å². The van der Waals surface area contributed by atoms with Crippen LogP contribution in [0, 0.1) is 6.92 Å². The molecule has 2 fully saturated rings. The van der Waals surface area contributed by atoms with Gasteiger partial charge < -0.3 is 20.1 Å². The smallest absolute Gasteiger partial charge is 0.292 e. The summed E-state index contributed by atoms with van der Waals surface area (Å²) in [7, 11) is 1.92. The van der Waals surface area contributed by atoms with E-state index in [1.807, 2.05) is 42.9 Å². The predicted molar refractivity (Wildman–Crippen MR) is 163 cm³/mol. The van der Waals surface area contributed by atoms with Gasteiger partial charge in [0.1, 0.15) is 11.9 Å². The summed E-state index contributed by atoms with van der Waals surface area (Å²) in [6, 6.07) is 17.7. The Hall–Kier alpha value is -3.72. The lowest BCUT2D eigenvalue weighted by atomic mass is 9.99. The second kappa shape index (κ2) is 11.9. The number of hydrogen-bond donors (Lipinski definition) is 2. The van der Waals surface area contributed by atoms with Crippen LogP contribution in [-0.4, -0.2) is 63.3 Å². The van der Waals surface area contributed by atoms with E-state index in [0.717, 1.165) is 66.5 Å². The van der Waals surface area contributed by atoms with Crippen molar-refractivity contribution < 1.29 is 19.4 Å². The molecule has 218 valence electrons. The van der Waals surface area contributed by atoms with Gasteiger partial charge in [-0.2, -0.15) is 5.10 Å². The van der Waals surface area contributed by atoms with Gasteiger partial charge in [0.15, 0.2) is 0 Å². The van der Waals surface area contributed by atoms with E-state index in [-0.39, 0.29) is 11.7 Å². The number of amides is 1. The van der Waals surface area contributed by atoms with Crippen LogP contribution in [0.15, 0.2) is 60.7 Å². The molecule has 1 saturated carbocycles. The van der Waals surface area contributed by atoms with Crippen LogP contribution in [-0.2, 0) is 11.8 Å². The van der Waals surface area contributed by atoms with Crippen molar-refractivity contribution >= 4 is 34.2 Å². The highest BCUT2D eigenvalue weighted by Gasteiger charge is 2.30. The molecule has 3 aromatic carbocycles. The van der Waals surface area contributed by atoms with Gasteiger partial charge in [-0.1, -0.05) is 54.1 Å². The predicted octanol–water partition coefficient (Wildman–Crippen LogP) is 5.24. The Labute approximate surface area is 250 Å². The minimum absolute atomic E-state index is 0.203. The number of ketones is 1. The van der Waals surface area contributed by atoms with Crippen LogP contribution in [0.25, 0.3) is 22.0 Å². The number of benzene rings is 3. The molecule has 1 amide bonds. The first-order valence-corrected chi connectivity index (χ1v) is 14.9. The summed E-state index contributed by atoms with van der Waals surface area (Å²) < 4.78 is 7.68. The van der Waals surface area contributed by atoms with Crippen LogP contribution in [0.1, 0.15) is 53.4 Å². The summed E-state index contributed by atoms with van der Waals surface area (Å²) in [4.78, 5) is 28.6.